The normalized spacial score (nSPS) is 12.3. The highest BCUT2D eigenvalue weighted by Gasteiger charge is 2.23. The maximum atomic E-state index is 12.8. The van der Waals surface area contributed by atoms with E-state index in [1.54, 1.807) is 11.2 Å². The predicted molar refractivity (Wildman–Crippen MR) is 213 cm³/mol. The van der Waals surface area contributed by atoms with Gasteiger partial charge >= 0.3 is 0 Å². The zero-order valence-electron chi connectivity index (χ0n) is 30.4. The summed E-state index contributed by atoms with van der Waals surface area (Å²) in [5.41, 5.74) is 13.9. The molecule has 0 spiro atoms. The van der Waals surface area contributed by atoms with E-state index in [1.807, 2.05) is 30.3 Å². The van der Waals surface area contributed by atoms with Crippen LogP contribution in [0.15, 0.2) is 118 Å². The highest BCUT2D eigenvalue weighted by molar-refractivity contribution is 5.88. The lowest BCUT2D eigenvalue weighted by Crippen LogP contribution is -2.28. The number of nitrogens with two attached hydrogens (primary N) is 2. The van der Waals surface area contributed by atoms with Gasteiger partial charge in [0.25, 0.3) is 0 Å². The SMILES string of the molecule is N/C(=C\N(N)CCCCCCCCCCn1nnc2c1-c1ccccc1CNc1ccccc1-2)COc1c(O)ccc2c(=O)cc(-c3ccccc3)oc12. The number of unbranched alkanes of at least 4 members (excludes halogenated alkanes) is 7. The standard InChI is InChI=1S/C43H47N7O4/c44-32(29-53-43-37(51)23-22-35-38(52)26-39(54-42(35)43)30-16-8-7-9-17-30)28-49(45)24-14-5-3-1-2-4-6-15-25-50-41-33-19-11-10-18-31(33)27-46-36-21-13-12-20-34(36)40(41)47-48-50/h7-13,16-23,26,28,46,51H,1-6,14-15,24-25,27,29,44-45H2/b32-28-. The summed E-state index contributed by atoms with van der Waals surface area (Å²) in [5, 5.41) is 25.3. The Balaban J connectivity index is 0.824. The van der Waals surface area contributed by atoms with Crippen molar-refractivity contribution < 1.29 is 14.3 Å². The van der Waals surface area contributed by atoms with E-state index in [0.717, 1.165) is 73.4 Å². The van der Waals surface area contributed by atoms with E-state index in [1.165, 1.54) is 48.6 Å². The van der Waals surface area contributed by atoms with Crippen molar-refractivity contribution in [3.8, 4) is 45.3 Å². The van der Waals surface area contributed by atoms with E-state index in [0.29, 0.717) is 23.4 Å². The molecule has 0 aliphatic carbocycles. The lowest BCUT2D eigenvalue weighted by Gasteiger charge is -2.19. The third-order valence-electron chi connectivity index (χ3n) is 9.80. The molecule has 0 radical (unpaired) electrons. The van der Waals surface area contributed by atoms with Crippen LogP contribution >= 0.6 is 0 Å². The van der Waals surface area contributed by atoms with Gasteiger partial charge in [0.1, 0.15) is 18.1 Å². The number of hydrogen-bond donors (Lipinski definition) is 4. The number of hydrazine groups is 1. The lowest BCUT2D eigenvalue weighted by atomic mass is 9.96. The molecule has 11 nitrogen and oxygen atoms in total. The summed E-state index contributed by atoms with van der Waals surface area (Å²) in [5.74, 6) is 6.50. The Bertz CT molecular complexity index is 2280. The van der Waals surface area contributed by atoms with Crippen molar-refractivity contribution in [2.24, 2.45) is 11.6 Å². The van der Waals surface area contributed by atoms with E-state index in [2.05, 4.69) is 68.8 Å². The maximum Gasteiger partial charge on any atom is 0.205 e. The van der Waals surface area contributed by atoms with Gasteiger partial charge in [0, 0.05) is 54.3 Å². The van der Waals surface area contributed by atoms with Gasteiger partial charge in [-0.2, -0.15) is 0 Å². The number of aromatic hydroxyl groups is 1. The van der Waals surface area contributed by atoms with Crippen LogP contribution in [0.4, 0.5) is 5.69 Å². The van der Waals surface area contributed by atoms with Gasteiger partial charge in [-0.05, 0) is 36.6 Å². The Morgan fingerprint density at radius 3 is 2.41 bits per heavy atom. The first kappa shape index (κ1) is 36.3. The van der Waals surface area contributed by atoms with Gasteiger partial charge in [0.2, 0.25) is 5.75 Å². The molecule has 6 aromatic rings. The Morgan fingerprint density at radius 2 is 1.59 bits per heavy atom. The van der Waals surface area contributed by atoms with Gasteiger partial charge in [-0.1, -0.05) is 117 Å². The van der Waals surface area contributed by atoms with Crippen molar-refractivity contribution in [3.05, 3.63) is 125 Å². The van der Waals surface area contributed by atoms with Crippen LogP contribution in [0.25, 0.3) is 44.8 Å². The first-order chi connectivity index (χ1) is 26.5. The Labute approximate surface area is 314 Å². The van der Waals surface area contributed by atoms with Crippen LogP contribution < -0.4 is 27.1 Å². The predicted octanol–water partition coefficient (Wildman–Crippen LogP) is 8.19. The number of benzene rings is 4. The number of phenols is 1. The third-order valence-corrected chi connectivity index (χ3v) is 9.80. The lowest BCUT2D eigenvalue weighted by molar-refractivity contribution is 0.316. The van der Waals surface area contributed by atoms with Crippen LogP contribution in [0.5, 0.6) is 11.5 Å². The number of ether oxygens (including phenoxy) is 1. The van der Waals surface area contributed by atoms with Gasteiger partial charge in [0.05, 0.1) is 16.8 Å². The van der Waals surface area contributed by atoms with Crippen molar-refractivity contribution in [3.63, 3.8) is 0 Å². The van der Waals surface area contributed by atoms with Crippen molar-refractivity contribution in [2.75, 3.05) is 18.5 Å². The molecule has 1 aliphatic rings. The summed E-state index contributed by atoms with van der Waals surface area (Å²) in [4.78, 5) is 12.8. The number of nitrogens with zero attached hydrogens (tertiary/aromatic N) is 4. The number of anilines is 1. The molecule has 2 aromatic heterocycles. The van der Waals surface area contributed by atoms with Gasteiger partial charge in [-0.15, -0.1) is 5.10 Å². The Kier molecular flexibility index (Phi) is 11.5. The summed E-state index contributed by atoms with van der Waals surface area (Å²) in [6, 6.07) is 30.5. The molecule has 6 N–H and O–H groups in total. The second-order valence-corrected chi connectivity index (χ2v) is 13.8. The minimum atomic E-state index is -0.236. The molecule has 7 rings (SSSR count). The molecule has 1 aliphatic heterocycles. The first-order valence-electron chi connectivity index (χ1n) is 18.8. The third kappa shape index (κ3) is 8.42. The number of aryl methyl sites for hydroxylation is 1. The van der Waals surface area contributed by atoms with Gasteiger partial charge < -0.3 is 30.3 Å². The molecule has 0 amide bonds. The van der Waals surface area contributed by atoms with E-state index in [9.17, 15) is 9.90 Å². The molecule has 3 heterocycles. The molecule has 0 bridgehead atoms. The van der Waals surface area contributed by atoms with Crippen LogP contribution in [0, 0.1) is 0 Å². The van der Waals surface area contributed by atoms with Crippen LogP contribution in [0.1, 0.15) is 56.9 Å². The molecule has 0 unspecified atom stereocenters. The smallest absolute Gasteiger partial charge is 0.205 e. The second-order valence-electron chi connectivity index (χ2n) is 13.8. The monoisotopic (exact) mass is 725 g/mol. The van der Waals surface area contributed by atoms with E-state index in [-0.39, 0.29) is 29.1 Å². The first-order valence-corrected chi connectivity index (χ1v) is 18.8. The van der Waals surface area contributed by atoms with E-state index >= 15 is 0 Å². The fraction of sp³-hybridized carbons (Fsp3) is 0.279. The largest absolute Gasteiger partial charge is 0.504 e. The molecule has 54 heavy (non-hydrogen) atoms. The number of fused-ring (bicyclic) bond motifs is 6. The molecular weight excluding hydrogens is 679 g/mol. The molecule has 0 fully saturated rings. The highest BCUT2D eigenvalue weighted by Crippen LogP contribution is 2.39. The van der Waals surface area contributed by atoms with Crippen LogP contribution in [-0.4, -0.2) is 38.3 Å². The summed E-state index contributed by atoms with van der Waals surface area (Å²) >= 11 is 0. The molecule has 4 aromatic carbocycles. The Morgan fingerprint density at radius 1 is 0.889 bits per heavy atom. The van der Waals surface area contributed by atoms with Crippen molar-refractivity contribution in [2.45, 2.75) is 64.5 Å². The van der Waals surface area contributed by atoms with Crippen LogP contribution in [-0.2, 0) is 13.1 Å². The van der Waals surface area contributed by atoms with Gasteiger partial charge in [0.15, 0.2) is 16.8 Å². The minimum Gasteiger partial charge on any atom is -0.504 e. The molecule has 0 saturated heterocycles. The number of rotatable bonds is 16. The van der Waals surface area contributed by atoms with Crippen molar-refractivity contribution in [1.29, 1.82) is 0 Å². The fourth-order valence-corrected chi connectivity index (χ4v) is 7.01. The zero-order valence-corrected chi connectivity index (χ0v) is 30.4. The average Bonchev–Trinajstić information content (AvgIpc) is 3.60. The van der Waals surface area contributed by atoms with Gasteiger partial charge in [-0.25, -0.2) is 10.5 Å². The highest BCUT2D eigenvalue weighted by atomic mass is 16.5. The molecule has 278 valence electrons. The minimum absolute atomic E-state index is 0.0439. The quantitative estimate of drug-likeness (QED) is 0.0436. The van der Waals surface area contributed by atoms with Crippen molar-refractivity contribution >= 4 is 16.7 Å². The summed E-state index contributed by atoms with van der Waals surface area (Å²) < 4.78 is 14.0. The summed E-state index contributed by atoms with van der Waals surface area (Å²) in [7, 11) is 0. The molecule has 11 heteroatoms. The van der Waals surface area contributed by atoms with Gasteiger partial charge in [-0.3, -0.25) is 4.79 Å². The zero-order chi connectivity index (χ0) is 37.3. The Hall–Kier alpha value is -6.07. The number of para-hydroxylation sites is 1. The molecule has 0 saturated carbocycles. The topological polar surface area (TPSA) is 158 Å². The van der Waals surface area contributed by atoms with Crippen LogP contribution in [0.2, 0.25) is 0 Å². The van der Waals surface area contributed by atoms with Crippen LogP contribution in [0.3, 0.4) is 0 Å². The summed E-state index contributed by atoms with van der Waals surface area (Å²) in [6.45, 7) is 2.22. The van der Waals surface area contributed by atoms with Crippen molar-refractivity contribution in [1.82, 2.24) is 20.0 Å². The maximum absolute atomic E-state index is 12.8. The molecular formula is C43H47N7O4. The number of phenolic OH excluding ortho intramolecular Hbond substituents is 1. The average molecular weight is 726 g/mol. The number of nitrogens with one attached hydrogen (secondary N) is 1. The number of aromatic nitrogens is 3. The summed E-state index contributed by atoms with van der Waals surface area (Å²) in [6.07, 6.45) is 10.6. The van der Waals surface area contributed by atoms with E-state index in [4.69, 9.17) is 20.7 Å². The van der Waals surface area contributed by atoms with E-state index < -0.39 is 0 Å². The second kappa shape index (κ2) is 17.2. The number of hydrogen-bond acceptors (Lipinski definition) is 10. The fourth-order valence-electron chi connectivity index (χ4n) is 7.01. The molecule has 0 atom stereocenters.